The highest BCUT2D eigenvalue weighted by Crippen LogP contribution is 2.21. The third-order valence-corrected chi connectivity index (χ3v) is 5.10. The lowest BCUT2D eigenvalue weighted by atomic mass is 10.0. The number of halogens is 2. The topological polar surface area (TPSA) is 131 Å². The van der Waals surface area contributed by atoms with Crippen molar-refractivity contribution in [2.45, 2.75) is 25.8 Å². The molecule has 0 unspecified atom stereocenters. The lowest BCUT2D eigenvalue weighted by Gasteiger charge is -2.21. The van der Waals surface area contributed by atoms with E-state index >= 15 is 0 Å². The number of ketones is 1. The first kappa shape index (κ1) is 24.3. The Morgan fingerprint density at radius 3 is 2.21 bits per heavy atom. The van der Waals surface area contributed by atoms with Gasteiger partial charge in [-0.25, -0.2) is 13.6 Å². The molecule has 1 amide bonds. The Kier molecular flexibility index (Phi) is 6.62. The van der Waals surface area contributed by atoms with E-state index in [1.165, 1.54) is 32.0 Å². The van der Waals surface area contributed by atoms with Crippen molar-refractivity contribution in [3.05, 3.63) is 93.3 Å². The van der Waals surface area contributed by atoms with Gasteiger partial charge in [-0.1, -0.05) is 12.1 Å². The molecule has 0 aliphatic carbocycles. The van der Waals surface area contributed by atoms with Gasteiger partial charge in [0.05, 0.1) is 23.2 Å². The van der Waals surface area contributed by atoms with Crippen LogP contribution in [0.5, 0.6) is 0 Å². The normalized spacial score (nSPS) is 11.2. The maximum atomic E-state index is 14.1. The molecular weight excluding hydrogens is 448 g/mol. The maximum absolute atomic E-state index is 14.1. The number of hydrogen-bond donors (Lipinski definition) is 3. The fraction of sp³-hybridized carbons (Fsp3) is 0.167. The summed E-state index contributed by atoms with van der Waals surface area (Å²) >= 11 is 0. The summed E-state index contributed by atoms with van der Waals surface area (Å²) in [6.45, 7) is 2.72. The summed E-state index contributed by atoms with van der Waals surface area (Å²) in [5, 5.41) is 11.5. The zero-order valence-electron chi connectivity index (χ0n) is 18.3. The van der Waals surface area contributed by atoms with Gasteiger partial charge in [-0.15, -0.1) is 0 Å². The Balaban J connectivity index is 1.89. The fourth-order valence-electron chi connectivity index (χ4n) is 3.23. The molecule has 1 aromatic heterocycles. The van der Waals surface area contributed by atoms with Crippen LogP contribution in [-0.2, 0) is 16.0 Å². The maximum Gasteiger partial charge on any atom is 0.328 e. The molecule has 3 rings (SSSR count). The second kappa shape index (κ2) is 9.26. The molecule has 1 heterocycles. The van der Waals surface area contributed by atoms with E-state index in [4.69, 9.17) is 10.8 Å². The highest BCUT2D eigenvalue weighted by molar-refractivity contribution is 6.11. The number of aromatic nitrogens is 1. The number of hydrogen-bond acceptors (Lipinski definition) is 5. The average Bonchev–Trinajstić information content (AvgIpc) is 2.74. The molecule has 34 heavy (non-hydrogen) atoms. The van der Waals surface area contributed by atoms with Crippen LogP contribution in [0.3, 0.4) is 0 Å². The molecule has 0 radical (unpaired) electrons. The summed E-state index contributed by atoms with van der Waals surface area (Å²) in [7, 11) is 0. The molecule has 0 aliphatic heterocycles. The van der Waals surface area contributed by atoms with Crippen LogP contribution in [0.4, 0.5) is 14.6 Å². The van der Waals surface area contributed by atoms with Gasteiger partial charge in [0, 0.05) is 12.1 Å². The number of nitrogen functional groups attached to an aromatic ring is 1. The summed E-state index contributed by atoms with van der Waals surface area (Å²) in [5.41, 5.74) is 4.36. The molecule has 0 atom stereocenters. The van der Waals surface area contributed by atoms with Gasteiger partial charge in [0.2, 0.25) is 5.91 Å². The number of anilines is 1. The highest BCUT2D eigenvalue weighted by Gasteiger charge is 2.28. The van der Waals surface area contributed by atoms with Crippen LogP contribution in [0, 0.1) is 11.6 Å². The van der Waals surface area contributed by atoms with Crippen molar-refractivity contribution in [1.82, 2.24) is 9.88 Å². The summed E-state index contributed by atoms with van der Waals surface area (Å²) < 4.78 is 28.3. The lowest BCUT2D eigenvalue weighted by molar-refractivity contribution is -0.145. The minimum atomic E-state index is -1.43. The number of carbonyl (C=O) groups excluding carboxylic acids is 2. The molecule has 10 heteroatoms. The molecule has 2 aromatic carbocycles. The predicted molar refractivity (Wildman–Crippen MR) is 120 cm³/mol. The van der Waals surface area contributed by atoms with Gasteiger partial charge >= 0.3 is 5.97 Å². The number of aliphatic carboxylic acids is 1. The van der Waals surface area contributed by atoms with E-state index in [1.807, 2.05) is 0 Å². The van der Waals surface area contributed by atoms with Gasteiger partial charge in [-0.05, 0) is 49.7 Å². The van der Waals surface area contributed by atoms with Crippen molar-refractivity contribution >= 4 is 23.5 Å². The molecule has 3 aromatic rings. The van der Waals surface area contributed by atoms with E-state index in [0.29, 0.717) is 11.6 Å². The van der Waals surface area contributed by atoms with Gasteiger partial charge < -0.3 is 16.2 Å². The van der Waals surface area contributed by atoms with Gasteiger partial charge in [0.15, 0.2) is 5.78 Å². The number of carbonyl (C=O) groups is 3. The van der Waals surface area contributed by atoms with Crippen molar-refractivity contribution in [3.63, 3.8) is 0 Å². The number of amides is 1. The third kappa shape index (κ3) is 5.01. The molecule has 0 fully saturated rings. The average molecular weight is 469 g/mol. The van der Waals surface area contributed by atoms with Crippen molar-refractivity contribution in [2.75, 3.05) is 5.73 Å². The summed E-state index contributed by atoms with van der Waals surface area (Å²) in [4.78, 5) is 48.6. The largest absolute Gasteiger partial charge is 0.480 e. The summed E-state index contributed by atoms with van der Waals surface area (Å²) in [6.07, 6.45) is -0.107. The van der Waals surface area contributed by atoms with Crippen LogP contribution in [0.2, 0.25) is 0 Å². The number of rotatable bonds is 7. The smallest absolute Gasteiger partial charge is 0.328 e. The SMILES string of the molecule is CC(C)(NC(=O)Cc1ccc(-n2c(N)c(C(=O)c3ccc(F)cc3F)ccc2=O)cc1)C(=O)O. The second-order valence-corrected chi connectivity index (χ2v) is 8.08. The zero-order valence-corrected chi connectivity index (χ0v) is 18.3. The van der Waals surface area contributed by atoms with Gasteiger partial charge in [0.1, 0.15) is 23.0 Å². The first-order valence-electron chi connectivity index (χ1n) is 10.1. The Bertz CT molecular complexity index is 1350. The number of nitrogens with one attached hydrogen (secondary N) is 1. The van der Waals surface area contributed by atoms with Crippen LogP contribution in [-0.4, -0.2) is 32.9 Å². The molecule has 0 spiro atoms. The van der Waals surface area contributed by atoms with Gasteiger partial charge in [-0.2, -0.15) is 0 Å². The minimum absolute atomic E-state index is 0.107. The first-order chi connectivity index (χ1) is 15.9. The fourth-order valence-corrected chi connectivity index (χ4v) is 3.23. The number of nitrogens with zero attached hydrogens (tertiary/aromatic N) is 1. The summed E-state index contributed by atoms with van der Waals surface area (Å²) in [5.74, 6) is -4.65. The van der Waals surface area contributed by atoms with E-state index in [0.717, 1.165) is 22.8 Å². The van der Waals surface area contributed by atoms with E-state index in [2.05, 4.69) is 5.32 Å². The van der Waals surface area contributed by atoms with Crippen molar-refractivity contribution in [1.29, 1.82) is 0 Å². The molecule has 0 bridgehead atoms. The number of nitrogens with two attached hydrogens (primary N) is 1. The zero-order chi connectivity index (χ0) is 25.2. The molecule has 0 saturated carbocycles. The number of benzene rings is 2. The Morgan fingerprint density at radius 1 is 1.00 bits per heavy atom. The monoisotopic (exact) mass is 469 g/mol. The summed E-state index contributed by atoms with van der Waals surface area (Å²) in [6, 6.07) is 10.9. The molecule has 8 nitrogen and oxygen atoms in total. The van der Waals surface area contributed by atoms with E-state index in [1.54, 1.807) is 12.1 Å². The molecule has 176 valence electrons. The van der Waals surface area contributed by atoms with Gasteiger partial charge in [0.25, 0.3) is 5.56 Å². The van der Waals surface area contributed by atoms with Crippen LogP contribution >= 0.6 is 0 Å². The van der Waals surface area contributed by atoms with Crippen LogP contribution < -0.4 is 16.6 Å². The van der Waals surface area contributed by atoms with Crippen molar-refractivity contribution in [2.24, 2.45) is 0 Å². The molecule has 0 aliphatic rings. The van der Waals surface area contributed by atoms with Crippen molar-refractivity contribution in [3.8, 4) is 5.69 Å². The Labute approximate surface area is 192 Å². The number of carboxylic acids is 1. The Morgan fingerprint density at radius 2 is 1.62 bits per heavy atom. The van der Waals surface area contributed by atoms with Crippen LogP contribution in [0.25, 0.3) is 5.69 Å². The van der Waals surface area contributed by atoms with Crippen molar-refractivity contribution < 1.29 is 28.3 Å². The molecule has 0 saturated heterocycles. The lowest BCUT2D eigenvalue weighted by Crippen LogP contribution is -2.50. The first-order valence-corrected chi connectivity index (χ1v) is 10.1. The quantitative estimate of drug-likeness (QED) is 0.456. The minimum Gasteiger partial charge on any atom is -0.480 e. The number of pyridine rings is 1. The van der Waals surface area contributed by atoms with E-state index < -0.39 is 46.0 Å². The van der Waals surface area contributed by atoms with Gasteiger partial charge in [-0.3, -0.25) is 19.0 Å². The Hall–Kier alpha value is -4.34. The van der Waals surface area contributed by atoms with Crippen LogP contribution in [0.15, 0.2) is 59.4 Å². The standard InChI is InChI=1S/C24H21F2N3O5/c1-24(2,23(33)34)28-19(30)11-13-3-6-15(7-4-13)29-20(31)10-9-17(22(29)27)21(32)16-8-5-14(25)12-18(16)26/h3-10,12H,11,27H2,1-2H3,(H,28,30)(H,33,34). The highest BCUT2D eigenvalue weighted by atomic mass is 19.1. The second-order valence-electron chi connectivity index (χ2n) is 8.08. The molecular formula is C24H21F2N3O5. The van der Waals surface area contributed by atoms with E-state index in [-0.39, 0.29) is 23.5 Å². The molecule has 4 N–H and O–H groups in total. The number of carboxylic acid groups (broad SMARTS) is 1. The van der Waals surface area contributed by atoms with Crippen LogP contribution in [0.1, 0.15) is 35.3 Å². The third-order valence-electron chi connectivity index (χ3n) is 5.10. The van der Waals surface area contributed by atoms with E-state index in [9.17, 15) is 28.0 Å². The predicted octanol–water partition coefficient (Wildman–Crippen LogP) is 2.45.